The number of carbonyl (C=O) groups excluding carboxylic acids is 2. The van der Waals surface area contributed by atoms with Crippen molar-refractivity contribution in [1.29, 1.82) is 0 Å². The van der Waals surface area contributed by atoms with Gasteiger partial charge in [-0.05, 0) is 6.42 Å². The van der Waals surface area contributed by atoms with Crippen molar-refractivity contribution < 1.29 is 18.0 Å². The molecule has 88 valence electrons. The summed E-state index contributed by atoms with van der Waals surface area (Å²) in [4.78, 5) is 21.9. The lowest BCUT2D eigenvalue weighted by Gasteiger charge is -2.13. The number of amides is 2. The molecule has 1 atom stereocenters. The van der Waals surface area contributed by atoms with Crippen molar-refractivity contribution in [3.8, 4) is 0 Å². The summed E-state index contributed by atoms with van der Waals surface area (Å²) in [6.45, 7) is 1.63. The van der Waals surface area contributed by atoms with Gasteiger partial charge in [0.05, 0.1) is 5.75 Å². The van der Waals surface area contributed by atoms with E-state index in [4.69, 9.17) is 5.73 Å². The van der Waals surface area contributed by atoms with E-state index in [1.807, 2.05) is 0 Å². The van der Waals surface area contributed by atoms with Gasteiger partial charge in [-0.3, -0.25) is 9.59 Å². The Balaban J connectivity index is 4.30. The van der Waals surface area contributed by atoms with Gasteiger partial charge in [0, 0.05) is 12.7 Å². The average Bonchev–Trinajstić information content (AvgIpc) is 2.09. The Hall–Kier alpha value is -1.11. The molecule has 0 spiro atoms. The zero-order valence-electron chi connectivity index (χ0n) is 8.82. The zero-order valence-corrected chi connectivity index (χ0v) is 9.63. The third kappa shape index (κ3) is 6.89. The highest BCUT2D eigenvalue weighted by Gasteiger charge is 2.18. The number of rotatable bonds is 6. The molecule has 0 aromatic heterocycles. The second-order valence-corrected chi connectivity index (χ2v) is 5.55. The number of sulfone groups is 1. The van der Waals surface area contributed by atoms with E-state index in [2.05, 4.69) is 5.32 Å². The first kappa shape index (κ1) is 13.9. The molecule has 0 aliphatic rings. The fourth-order valence-electron chi connectivity index (χ4n) is 0.914. The first-order chi connectivity index (χ1) is 6.76. The standard InChI is InChI=1S/C8H16N2O4S/c1-3-7(11)10-6(8(9)12)4-5-15(2,13)14/h6H,3-5H2,1-2H3,(H2,9,12)(H,10,11). The summed E-state index contributed by atoms with van der Waals surface area (Å²) < 4.78 is 21.7. The van der Waals surface area contributed by atoms with Crippen molar-refractivity contribution in [2.45, 2.75) is 25.8 Å². The second kappa shape index (κ2) is 5.69. The number of primary amides is 1. The third-order valence-electron chi connectivity index (χ3n) is 1.78. The molecule has 0 fully saturated rings. The van der Waals surface area contributed by atoms with Crippen molar-refractivity contribution in [2.24, 2.45) is 5.73 Å². The first-order valence-corrected chi connectivity index (χ1v) is 6.58. The van der Waals surface area contributed by atoms with Gasteiger partial charge < -0.3 is 11.1 Å². The second-order valence-electron chi connectivity index (χ2n) is 3.29. The predicted octanol–water partition coefficient (Wildman–Crippen LogP) is -1.20. The largest absolute Gasteiger partial charge is 0.368 e. The Morgan fingerprint density at radius 3 is 2.27 bits per heavy atom. The molecular weight excluding hydrogens is 220 g/mol. The van der Waals surface area contributed by atoms with Gasteiger partial charge in [-0.2, -0.15) is 0 Å². The van der Waals surface area contributed by atoms with Gasteiger partial charge in [-0.25, -0.2) is 8.42 Å². The Kier molecular flexibility index (Phi) is 5.27. The van der Waals surface area contributed by atoms with E-state index < -0.39 is 21.8 Å². The van der Waals surface area contributed by atoms with Crippen molar-refractivity contribution >= 4 is 21.7 Å². The molecule has 0 aliphatic heterocycles. The molecule has 7 heteroatoms. The van der Waals surface area contributed by atoms with Gasteiger partial charge in [0.2, 0.25) is 11.8 Å². The van der Waals surface area contributed by atoms with Crippen molar-refractivity contribution in [1.82, 2.24) is 5.32 Å². The van der Waals surface area contributed by atoms with E-state index in [0.29, 0.717) is 0 Å². The first-order valence-electron chi connectivity index (χ1n) is 4.52. The Morgan fingerprint density at radius 2 is 1.93 bits per heavy atom. The minimum Gasteiger partial charge on any atom is -0.368 e. The molecule has 0 aliphatic carbocycles. The molecule has 0 heterocycles. The van der Waals surface area contributed by atoms with E-state index in [-0.39, 0.29) is 24.5 Å². The van der Waals surface area contributed by atoms with Crippen molar-refractivity contribution in [3.63, 3.8) is 0 Å². The van der Waals surface area contributed by atoms with Crippen molar-refractivity contribution in [2.75, 3.05) is 12.0 Å². The number of nitrogens with one attached hydrogen (secondary N) is 1. The van der Waals surface area contributed by atoms with E-state index in [1.54, 1.807) is 6.92 Å². The van der Waals surface area contributed by atoms with Gasteiger partial charge >= 0.3 is 0 Å². The van der Waals surface area contributed by atoms with E-state index >= 15 is 0 Å². The summed E-state index contributed by atoms with van der Waals surface area (Å²) >= 11 is 0. The van der Waals surface area contributed by atoms with Crippen LogP contribution in [0.3, 0.4) is 0 Å². The van der Waals surface area contributed by atoms with Gasteiger partial charge in [-0.1, -0.05) is 6.92 Å². The maximum absolute atomic E-state index is 11.0. The Morgan fingerprint density at radius 1 is 1.40 bits per heavy atom. The monoisotopic (exact) mass is 236 g/mol. The predicted molar refractivity (Wildman–Crippen MR) is 55.7 cm³/mol. The molecule has 0 saturated carbocycles. The van der Waals surface area contributed by atoms with Crippen LogP contribution in [0, 0.1) is 0 Å². The number of hydrogen-bond donors (Lipinski definition) is 2. The third-order valence-corrected chi connectivity index (χ3v) is 2.75. The molecule has 2 amide bonds. The van der Waals surface area contributed by atoms with E-state index in [0.717, 1.165) is 6.26 Å². The molecule has 0 aromatic carbocycles. The Bertz CT molecular complexity index is 337. The van der Waals surface area contributed by atoms with Crippen LogP contribution >= 0.6 is 0 Å². The molecular formula is C8H16N2O4S. The van der Waals surface area contributed by atoms with Crippen LogP contribution in [-0.2, 0) is 19.4 Å². The van der Waals surface area contributed by atoms with Crippen LogP contribution in [0.5, 0.6) is 0 Å². The lowest BCUT2D eigenvalue weighted by atomic mass is 10.2. The maximum atomic E-state index is 11.0. The van der Waals surface area contributed by atoms with Crippen LogP contribution < -0.4 is 11.1 Å². The van der Waals surface area contributed by atoms with E-state index in [1.165, 1.54) is 0 Å². The molecule has 0 saturated heterocycles. The normalized spacial score (nSPS) is 13.2. The molecule has 0 rings (SSSR count). The minimum atomic E-state index is -3.15. The highest BCUT2D eigenvalue weighted by atomic mass is 32.2. The quantitative estimate of drug-likeness (QED) is 0.604. The van der Waals surface area contributed by atoms with Gasteiger partial charge in [0.15, 0.2) is 0 Å². The highest BCUT2D eigenvalue weighted by molar-refractivity contribution is 7.90. The minimum absolute atomic E-state index is 0.0138. The smallest absolute Gasteiger partial charge is 0.240 e. The Labute approximate surface area is 89.1 Å². The summed E-state index contributed by atoms with van der Waals surface area (Å²) in [6.07, 6.45) is 1.30. The number of hydrogen-bond acceptors (Lipinski definition) is 4. The number of nitrogens with two attached hydrogens (primary N) is 1. The van der Waals surface area contributed by atoms with Crippen LogP contribution in [-0.4, -0.2) is 38.3 Å². The molecule has 6 nitrogen and oxygen atoms in total. The summed E-state index contributed by atoms with van der Waals surface area (Å²) in [5.41, 5.74) is 5.02. The molecule has 0 bridgehead atoms. The molecule has 1 unspecified atom stereocenters. The molecule has 0 radical (unpaired) electrons. The molecule has 0 aromatic rings. The van der Waals surface area contributed by atoms with E-state index in [9.17, 15) is 18.0 Å². The van der Waals surface area contributed by atoms with Crippen LogP contribution in [0.4, 0.5) is 0 Å². The van der Waals surface area contributed by atoms with Gasteiger partial charge in [0.1, 0.15) is 15.9 Å². The van der Waals surface area contributed by atoms with Gasteiger partial charge in [-0.15, -0.1) is 0 Å². The fraction of sp³-hybridized carbons (Fsp3) is 0.750. The highest BCUT2D eigenvalue weighted by Crippen LogP contribution is 1.96. The van der Waals surface area contributed by atoms with Gasteiger partial charge in [0.25, 0.3) is 0 Å². The summed E-state index contributed by atoms with van der Waals surface area (Å²) in [7, 11) is -3.15. The SMILES string of the molecule is CCC(=O)NC(CCS(C)(=O)=O)C(N)=O. The lowest BCUT2D eigenvalue weighted by molar-refractivity contribution is -0.127. The number of carbonyl (C=O) groups is 2. The lowest BCUT2D eigenvalue weighted by Crippen LogP contribution is -2.45. The van der Waals surface area contributed by atoms with Crippen LogP contribution in [0.15, 0.2) is 0 Å². The molecule has 15 heavy (non-hydrogen) atoms. The van der Waals surface area contributed by atoms with Crippen LogP contribution in [0.2, 0.25) is 0 Å². The van der Waals surface area contributed by atoms with Crippen LogP contribution in [0.25, 0.3) is 0 Å². The summed E-state index contributed by atoms with van der Waals surface area (Å²) in [5.74, 6) is -1.22. The topological polar surface area (TPSA) is 106 Å². The fourth-order valence-corrected chi connectivity index (χ4v) is 1.58. The maximum Gasteiger partial charge on any atom is 0.240 e. The van der Waals surface area contributed by atoms with Crippen molar-refractivity contribution in [3.05, 3.63) is 0 Å². The average molecular weight is 236 g/mol. The summed E-state index contributed by atoms with van der Waals surface area (Å²) in [6, 6.07) is -0.910. The molecule has 3 N–H and O–H groups in total. The van der Waals surface area contributed by atoms with Crippen LogP contribution in [0.1, 0.15) is 19.8 Å². The summed E-state index contributed by atoms with van der Waals surface area (Å²) in [5, 5.41) is 2.36. The zero-order chi connectivity index (χ0) is 12.1.